The van der Waals surface area contributed by atoms with Crippen molar-refractivity contribution in [2.75, 3.05) is 0 Å². The molecule has 17 heavy (non-hydrogen) atoms. The highest BCUT2D eigenvalue weighted by molar-refractivity contribution is 5.22. The molecule has 0 aliphatic rings. The maximum atomic E-state index is 6.20. The van der Waals surface area contributed by atoms with Crippen LogP contribution in [0, 0.1) is 0 Å². The molecule has 0 radical (unpaired) electrons. The zero-order valence-electron chi connectivity index (χ0n) is 10.9. The number of nitrogens with zero attached hydrogens (tertiary/aromatic N) is 1. The van der Waals surface area contributed by atoms with Crippen LogP contribution >= 0.6 is 0 Å². The van der Waals surface area contributed by atoms with Gasteiger partial charge in [0, 0.05) is 12.2 Å². The minimum absolute atomic E-state index is 0.0925. The number of rotatable bonds is 8. The number of allylic oxidation sites excluding steroid dienone is 1. The van der Waals surface area contributed by atoms with Crippen molar-refractivity contribution in [3.63, 3.8) is 0 Å². The van der Waals surface area contributed by atoms with E-state index in [0.717, 1.165) is 25.0 Å². The first kappa shape index (κ1) is 13.9. The van der Waals surface area contributed by atoms with Gasteiger partial charge in [0.15, 0.2) is 0 Å². The molecule has 1 unspecified atom stereocenters. The molecule has 94 valence electrons. The van der Waals surface area contributed by atoms with Crippen LogP contribution < -0.4 is 5.73 Å². The lowest BCUT2D eigenvalue weighted by Crippen LogP contribution is -2.14. The maximum absolute atomic E-state index is 6.20. The Balaban J connectivity index is 2.40. The van der Waals surface area contributed by atoms with E-state index < -0.39 is 0 Å². The van der Waals surface area contributed by atoms with Crippen LogP contribution in [0.15, 0.2) is 31.0 Å². The molecular formula is C15H24N2. The van der Waals surface area contributed by atoms with Crippen molar-refractivity contribution in [3.8, 4) is 0 Å². The molecular weight excluding hydrogens is 208 g/mol. The molecule has 0 aliphatic heterocycles. The molecule has 0 saturated carbocycles. The Morgan fingerprint density at radius 2 is 2.24 bits per heavy atom. The van der Waals surface area contributed by atoms with Crippen molar-refractivity contribution in [2.24, 2.45) is 5.73 Å². The zero-order chi connectivity index (χ0) is 12.5. The van der Waals surface area contributed by atoms with E-state index in [9.17, 15) is 0 Å². The Hall–Kier alpha value is -1.15. The third-order valence-electron chi connectivity index (χ3n) is 3.08. The average molecular weight is 232 g/mol. The number of aromatic nitrogens is 1. The van der Waals surface area contributed by atoms with E-state index >= 15 is 0 Å². The maximum Gasteiger partial charge on any atom is 0.0602 e. The monoisotopic (exact) mass is 232 g/mol. The fourth-order valence-corrected chi connectivity index (χ4v) is 2.05. The average Bonchev–Trinajstić information content (AvgIpc) is 2.38. The highest BCUT2D eigenvalue weighted by Gasteiger charge is 2.10. The number of aryl methyl sites for hydroxylation is 1. The summed E-state index contributed by atoms with van der Waals surface area (Å²) in [6.07, 6.45) is 10.6. The molecule has 1 heterocycles. The first-order valence-corrected chi connectivity index (χ1v) is 6.59. The van der Waals surface area contributed by atoms with Gasteiger partial charge in [-0.3, -0.25) is 4.98 Å². The van der Waals surface area contributed by atoms with Crippen LogP contribution in [0.2, 0.25) is 0 Å². The van der Waals surface area contributed by atoms with Gasteiger partial charge in [-0.05, 0) is 37.3 Å². The van der Waals surface area contributed by atoms with E-state index in [-0.39, 0.29) is 6.04 Å². The molecule has 0 amide bonds. The topological polar surface area (TPSA) is 38.9 Å². The number of hydrogen-bond donors (Lipinski definition) is 1. The molecule has 0 aromatic carbocycles. The fraction of sp³-hybridized carbons (Fsp3) is 0.533. The Morgan fingerprint density at radius 1 is 1.41 bits per heavy atom. The molecule has 1 rings (SSSR count). The third kappa shape index (κ3) is 4.70. The lowest BCUT2D eigenvalue weighted by Gasteiger charge is -2.14. The summed E-state index contributed by atoms with van der Waals surface area (Å²) in [6.45, 7) is 5.88. The van der Waals surface area contributed by atoms with Crippen LogP contribution in [0.3, 0.4) is 0 Å². The quantitative estimate of drug-likeness (QED) is 0.547. The summed E-state index contributed by atoms with van der Waals surface area (Å²) in [5.41, 5.74) is 8.57. The molecule has 0 aliphatic carbocycles. The summed E-state index contributed by atoms with van der Waals surface area (Å²) in [4.78, 5) is 4.42. The summed E-state index contributed by atoms with van der Waals surface area (Å²) in [5, 5.41) is 0. The number of nitrogens with two attached hydrogens (primary N) is 1. The smallest absolute Gasteiger partial charge is 0.0602 e. The summed E-state index contributed by atoms with van der Waals surface area (Å²) >= 11 is 0. The Morgan fingerprint density at radius 3 is 2.94 bits per heavy atom. The predicted molar refractivity (Wildman–Crippen MR) is 73.8 cm³/mol. The second-order valence-electron chi connectivity index (χ2n) is 4.43. The molecule has 0 bridgehead atoms. The van der Waals surface area contributed by atoms with Crippen LogP contribution in [0.25, 0.3) is 0 Å². The highest BCUT2D eigenvalue weighted by atomic mass is 14.8. The number of unbranched alkanes of at least 4 members (excludes halogenated alkanes) is 3. The summed E-state index contributed by atoms with van der Waals surface area (Å²) < 4.78 is 0. The van der Waals surface area contributed by atoms with Crippen LogP contribution in [0.1, 0.15) is 56.3 Å². The van der Waals surface area contributed by atoms with Gasteiger partial charge in [0.05, 0.1) is 5.69 Å². The lowest BCUT2D eigenvalue weighted by atomic mass is 10.00. The van der Waals surface area contributed by atoms with Crippen LogP contribution in [0.5, 0.6) is 0 Å². The van der Waals surface area contributed by atoms with Gasteiger partial charge in [-0.1, -0.05) is 31.9 Å². The molecule has 0 saturated heterocycles. The van der Waals surface area contributed by atoms with E-state index in [4.69, 9.17) is 5.73 Å². The van der Waals surface area contributed by atoms with Crippen LogP contribution in [0.4, 0.5) is 0 Å². The summed E-state index contributed by atoms with van der Waals surface area (Å²) in [5.74, 6) is 0. The van der Waals surface area contributed by atoms with Gasteiger partial charge < -0.3 is 5.73 Å². The Bertz CT molecular complexity index is 333. The van der Waals surface area contributed by atoms with Crippen molar-refractivity contribution < 1.29 is 0 Å². The van der Waals surface area contributed by atoms with E-state index in [2.05, 4.69) is 24.6 Å². The van der Waals surface area contributed by atoms with Gasteiger partial charge in [-0.2, -0.15) is 0 Å². The third-order valence-corrected chi connectivity index (χ3v) is 3.08. The fourth-order valence-electron chi connectivity index (χ4n) is 2.05. The standard InChI is InChI=1S/C15H24N2/c1-3-5-6-7-8-11-14(16)15-13(4-2)10-9-12-17-15/h3,9-10,12,14H,1,4-8,11,16H2,2H3. The molecule has 2 nitrogen and oxygen atoms in total. The second-order valence-corrected chi connectivity index (χ2v) is 4.43. The van der Waals surface area contributed by atoms with E-state index in [1.54, 1.807) is 0 Å². The molecule has 1 aromatic heterocycles. The van der Waals surface area contributed by atoms with Crippen molar-refractivity contribution in [2.45, 2.75) is 51.5 Å². The van der Waals surface area contributed by atoms with Crippen LogP contribution in [-0.4, -0.2) is 4.98 Å². The van der Waals surface area contributed by atoms with Crippen molar-refractivity contribution >= 4 is 0 Å². The van der Waals surface area contributed by atoms with Gasteiger partial charge in [-0.25, -0.2) is 0 Å². The zero-order valence-corrected chi connectivity index (χ0v) is 10.9. The molecule has 1 aromatic rings. The Labute approximate surface area is 105 Å². The summed E-state index contributed by atoms with van der Waals surface area (Å²) in [6, 6.07) is 4.20. The Kier molecular flexibility index (Phi) is 6.56. The minimum atomic E-state index is 0.0925. The van der Waals surface area contributed by atoms with E-state index in [1.807, 2.05) is 18.3 Å². The second kappa shape index (κ2) is 8.02. The molecule has 2 heteroatoms. The first-order valence-electron chi connectivity index (χ1n) is 6.59. The van der Waals surface area contributed by atoms with Crippen LogP contribution in [-0.2, 0) is 6.42 Å². The van der Waals surface area contributed by atoms with Gasteiger partial charge in [0.25, 0.3) is 0 Å². The van der Waals surface area contributed by atoms with Gasteiger partial charge >= 0.3 is 0 Å². The largest absolute Gasteiger partial charge is 0.323 e. The molecule has 1 atom stereocenters. The molecule has 2 N–H and O–H groups in total. The lowest BCUT2D eigenvalue weighted by molar-refractivity contribution is 0.559. The van der Waals surface area contributed by atoms with Crippen molar-refractivity contribution in [1.82, 2.24) is 4.98 Å². The molecule has 0 spiro atoms. The van der Waals surface area contributed by atoms with Gasteiger partial charge in [-0.15, -0.1) is 6.58 Å². The van der Waals surface area contributed by atoms with Crippen molar-refractivity contribution in [3.05, 3.63) is 42.2 Å². The first-order chi connectivity index (χ1) is 8.29. The summed E-state index contributed by atoms with van der Waals surface area (Å²) in [7, 11) is 0. The van der Waals surface area contributed by atoms with E-state index in [0.29, 0.717) is 0 Å². The number of hydrogen-bond acceptors (Lipinski definition) is 2. The predicted octanol–water partition coefficient (Wildman–Crippen LogP) is 3.78. The highest BCUT2D eigenvalue weighted by Crippen LogP contribution is 2.19. The van der Waals surface area contributed by atoms with Crippen molar-refractivity contribution in [1.29, 1.82) is 0 Å². The normalized spacial score (nSPS) is 12.4. The molecule has 0 fully saturated rings. The van der Waals surface area contributed by atoms with Gasteiger partial charge in [0.1, 0.15) is 0 Å². The minimum Gasteiger partial charge on any atom is -0.323 e. The SMILES string of the molecule is C=CCCCCCC(N)c1ncccc1CC. The van der Waals surface area contributed by atoms with E-state index in [1.165, 1.54) is 24.8 Å². The van der Waals surface area contributed by atoms with Gasteiger partial charge in [0.2, 0.25) is 0 Å². The number of pyridine rings is 1.